The first kappa shape index (κ1) is 16.6. The molecule has 0 amide bonds. The Morgan fingerprint density at radius 1 is 1.00 bits per heavy atom. The smallest absolute Gasteiger partial charge is 0.0343 e. The van der Waals surface area contributed by atoms with E-state index in [1.807, 2.05) is 11.8 Å². The van der Waals surface area contributed by atoms with Crippen molar-refractivity contribution in [1.82, 2.24) is 5.32 Å². The van der Waals surface area contributed by atoms with E-state index in [1.165, 1.54) is 37.0 Å². The summed E-state index contributed by atoms with van der Waals surface area (Å²) in [5, 5.41) is 3.72. The number of unbranched alkanes of at least 4 members (excludes halogenated alkanes) is 3. The Bertz CT molecular complexity index is 310. The Kier molecular flexibility index (Phi) is 9.02. The lowest BCUT2D eigenvalue weighted by molar-refractivity contribution is 0.405. The van der Waals surface area contributed by atoms with Gasteiger partial charge in [-0.05, 0) is 42.9 Å². The molecular weight excluding hydrogens is 250 g/mol. The molecule has 0 aliphatic carbocycles. The van der Waals surface area contributed by atoms with Gasteiger partial charge in [-0.25, -0.2) is 0 Å². The molecule has 0 spiro atoms. The van der Waals surface area contributed by atoms with Crippen molar-refractivity contribution in [3.63, 3.8) is 0 Å². The van der Waals surface area contributed by atoms with E-state index in [-0.39, 0.29) is 0 Å². The first-order valence-corrected chi connectivity index (χ1v) is 8.92. The molecule has 0 fully saturated rings. The summed E-state index contributed by atoms with van der Waals surface area (Å²) in [6, 6.07) is 11.3. The number of rotatable bonds is 10. The maximum Gasteiger partial charge on any atom is 0.0343 e. The Morgan fingerprint density at radius 2 is 1.68 bits per heavy atom. The van der Waals surface area contributed by atoms with E-state index in [1.54, 1.807) is 0 Å². The van der Waals surface area contributed by atoms with Crippen molar-refractivity contribution < 1.29 is 0 Å². The van der Waals surface area contributed by atoms with Crippen LogP contribution in [0.4, 0.5) is 0 Å². The van der Waals surface area contributed by atoms with Gasteiger partial charge in [-0.1, -0.05) is 57.0 Å². The molecule has 19 heavy (non-hydrogen) atoms. The van der Waals surface area contributed by atoms with Crippen LogP contribution in [0.5, 0.6) is 0 Å². The maximum absolute atomic E-state index is 3.72. The van der Waals surface area contributed by atoms with Crippen LogP contribution in [-0.2, 0) is 0 Å². The quantitative estimate of drug-likeness (QED) is 0.612. The zero-order valence-electron chi connectivity index (χ0n) is 12.7. The Balaban J connectivity index is 2.24. The molecule has 1 rings (SSSR count). The third kappa shape index (κ3) is 7.03. The average Bonchev–Trinajstić information content (AvgIpc) is 2.42. The number of hydrogen-bond donors (Lipinski definition) is 1. The Hall–Kier alpha value is -0.470. The first-order chi connectivity index (χ1) is 9.25. The summed E-state index contributed by atoms with van der Waals surface area (Å²) in [6.07, 6.45) is 7.58. The maximum atomic E-state index is 3.72. The number of thioether (sulfide) groups is 1. The predicted octanol–water partition coefficient (Wildman–Crippen LogP) is 4.90. The van der Waals surface area contributed by atoms with Crippen molar-refractivity contribution in [3.8, 4) is 0 Å². The summed E-state index contributed by atoms with van der Waals surface area (Å²) in [5.74, 6) is 1.95. The second-order valence-electron chi connectivity index (χ2n) is 5.49. The van der Waals surface area contributed by atoms with Gasteiger partial charge in [0.05, 0.1) is 0 Å². The van der Waals surface area contributed by atoms with Crippen LogP contribution in [0, 0.1) is 5.92 Å². The predicted molar refractivity (Wildman–Crippen MR) is 88.9 cm³/mol. The van der Waals surface area contributed by atoms with Gasteiger partial charge in [-0.15, -0.1) is 0 Å². The first-order valence-electron chi connectivity index (χ1n) is 7.53. The largest absolute Gasteiger partial charge is 0.310 e. The third-order valence-corrected chi connectivity index (χ3v) is 4.16. The molecule has 108 valence electrons. The molecule has 0 heterocycles. The van der Waals surface area contributed by atoms with Crippen LogP contribution in [-0.4, -0.2) is 18.6 Å². The topological polar surface area (TPSA) is 12.0 Å². The SMILES string of the molecule is CSCCCCCCNC(c1ccccc1)C(C)C. The van der Waals surface area contributed by atoms with E-state index in [4.69, 9.17) is 0 Å². The van der Waals surface area contributed by atoms with Crippen LogP contribution in [0.2, 0.25) is 0 Å². The van der Waals surface area contributed by atoms with Crippen molar-refractivity contribution >= 4 is 11.8 Å². The van der Waals surface area contributed by atoms with E-state index in [0.717, 1.165) is 6.54 Å². The van der Waals surface area contributed by atoms with Gasteiger partial charge in [0.15, 0.2) is 0 Å². The molecule has 0 radical (unpaired) electrons. The molecule has 1 unspecified atom stereocenters. The summed E-state index contributed by atoms with van der Waals surface area (Å²) in [4.78, 5) is 0. The average molecular weight is 279 g/mol. The fourth-order valence-corrected chi connectivity index (χ4v) is 2.87. The van der Waals surface area contributed by atoms with Crippen molar-refractivity contribution in [2.75, 3.05) is 18.6 Å². The number of nitrogens with one attached hydrogen (secondary N) is 1. The Morgan fingerprint density at radius 3 is 2.32 bits per heavy atom. The molecule has 0 saturated heterocycles. The Labute approximate surface area is 123 Å². The van der Waals surface area contributed by atoms with Crippen molar-refractivity contribution in [2.24, 2.45) is 5.92 Å². The molecule has 0 bridgehead atoms. The van der Waals surface area contributed by atoms with Gasteiger partial charge in [-0.3, -0.25) is 0 Å². The number of hydrogen-bond acceptors (Lipinski definition) is 2. The second-order valence-corrected chi connectivity index (χ2v) is 6.48. The lowest BCUT2D eigenvalue weighted by Crippen LogP contribution is -2.26. The minimum Gasteiger partial charge on any atom is -0.310 e. The van der Waals surface area contributed by atoms with E-state index in [9.17, 15) is 0 Å². The summed E-state index contributed by atoms with van der Waals surface area (Å²) >= 11 is 1.96. The van der Waals surface area contributed by atoms with Crippen LogP contribution in [0.15, 0.2) is 30.3 Å². The van der Waals surface area contributed by atoms with Crippen molar-refractivity contribution in [3.05, 3.63) is 35.9 Å². The highest BCUT2D eigenvalue weighted by atomic mass is 32.2. The van der Waals surface area contributed by atoms with Gasteiger partial charge in [0.1, 0.15) is 0 Å². The van der Waals surface area contributed by atoms with Crippen molar-refractivity contribution in [2.45, 2.75) is 45.6 Å². The van der Waals surface area contributed by atoms with E-state index in [2.05, 4.69) is 55.8 Å². The zero-order valence-corrected chi connectivity index (χ0v) is 13.5. The lowest BCUT2D eigenvalue weighted by Gasteiger charge is -2.23. The van der Waals surface area contributed by atoms with Crippen LogP contribution >= 0.6 is 11.8 Å². The normalized spacial score (nSPS) is 12.8. The second kappa shape index (κ2) is 10.3. The highest BCUT2D eigenvalue weighted by Crippen LogP contribution is 2.21. The van der Waals surface area contributed by atoms with Crippen molar-refractivity contribution in [1.29, 1.82) is 0 Å². The van der Waals surface area contributed by atoms with E-state index >= 15 is 0 Å². The molecule has 1 N–H and O–H groups in total. The van der Waals surface area contributed by atoms with Crippen LogP contribution < -0.4 is 5.32 Å². The fourth-order valence-electron chi connectivity index (χ4n) is 2.38. The zero-order chi connectivity index (χ0) is 13.9. The number of benzene rings is 1. The minimum atomic E-state index is 0.493. The molecule has 1 atom stereocenters. The molecule has 0 aliphatic rings. The summed E-state index contributed by atoms with van der Waals surface area (Å²) in [5.41, 5.74) is 1.42. The monoisotopic (exact) mass is 279 g/mol. The summed E-state index contributed by atoms with van der Waals surface area (Å²) in [6.45, 7) is 5.73. The summed E-state index contributed by atoms with van der Waals surface area (Å²) < 4.78 is 0. The van der Waals surface area contributed by atoms with Crippen LogP contribution in [0.1, 0.15) is 51.1 Å². The van der Waals surface area contributed by atoms with Gasteiger partial charge >= 0.3 is 0 Å². The van der Waals surface area contributed by atoms with E-state index < -0.39 is 0 Å². The minimum absolute atomic E-state index is 0.493. The molecule has 1 aromatic carbocycles. The molecule has 1 aromatic rings. The molecule has 0 saturated carbocycles. The third-order valence-electron chi connectivity index (χ3n) is 3.46. The highest BCUT2D eigenvalue weighted by Gasteiger charge is 2.13. The van der Waals surface area contributed by atoms with Crippen LogP contribution in [0.25, 0.3) is 0 Å². The summed E-state index contributed by atoms with van der Waals surface area (Å²) in [7, 11) is 0. The fraction of sp³-hybridized carbons (Fsp3) is 0.647. The molecule has 1 nitrogen and oxygen atoms in total. The van der Waals surface area contributed by atoms with Gasteiger partial charge in [0, 0.05) is 6.04 Å². The standard InChI is InChI=1S/C17H29NS/c1-15(2)17(16-11-7-6-8-12-16)18-13-9-4-5-10-14-19-3/h6-8,11-12,15,17-18H,4-5,9-10,13-14H2,1-3H3. The van der Waals surface area contributed by atoms with Gasteiger partial charge in [0.25, 0.3) is 0 Å². The molecule has 0 aliphatic heterocycles. The molecular formula is C17H29NS. The molecule has 2 heteroatoms. The lowest BCUT2D eigenvalue weighted by atomic mass is 9.96. The molecule has 0 aromatic heterocycles. The van der Waals surface area contributed by atoms with Gasteiger partial charge in [0.2, 0.25) is 0 Å². The highest BCUT2D eigenvalue weighted by molar-refractivity contribution is 7.98. The van der Waals surface area contributed by atoms with Crippen LogP contribution in [0.3, 0.4) is 0 Å². The van der Waals surface area contributed by atoms with Gasteiger partial charge < -0.3 is 5.32 Å². The van der Waals surface area contributed by atoms with E-state index in [0.29, 0.717) is 12.0 Å². The van der Waals surface area contributed by atoms with Gasteiger partial charge in [-0.2, -0.15) is 11.8 Å².